The molecule has 4 rings (SSSR count). The minimum atomic E-state index is -0.980. The molecular formula is C25H26N4O4. The average Bonchev–Trinajstić information content (AvgIpc) is 3.33. The third-order valence-electron chi connectivity index (χ3n) is 5.98. The summed E-state index contributed by atoms with van der Waals surface area (Å²) in [6, 6.07) is 11.7. The van der Waals surface area contributed by atoms with Crippen LogP contribution in [0.25, 0.3) is 22.1 Å². The second-order valence-electron chi connectivity index (χ2n) is 7.79. The van der Waals surface area contributed by atoms with E-state index in [0.717, 1.165) is 22.1 Å². The van der Waals surface area contributed by atoms with Crippen molar-refractivity contribution >= 4 is 22.7 Å². The van der Waals surface area contributed by atoms with Crippen molar-refractivity contribution in [2.75, 3.05) is 7.11 Å². The van der Waals surface area contributed by atoms with Crippen molar-refractivity contribution in [2.45, 2.75) is 40.5 Å². The Morgan fingerprint density at radius 3 is 1.70 bits per heavy atom. The number of carbonyl (C=O) groups excluding carboxylic acids is 1. The fourth-order valence-corrected chi connectivity index (χ4v) is 4.38. The van der Waals surface area contributed by atoms with Crippen LogP contribution in [0.3, 0.4) is 0 Å². The maximum atomic E-state index is 12.4. The van der Waals surface area contributed by atoms with Gasteiger partial charge in [-0.05, 0) is 38.8 Å². The molecule has 0 saturated heterocycles. The summed E-state index contributed by atoms with van der Waals surface area (Å²) in [7, 11) is 1.37. The Kier molecular flexibility index (Phi) is 5.76. The van der Waals surface area contributed by atoms with E-state index >= 15 is 0 Å². The van der Waals surface area contributed by atoms with E-state index < -0.39 is 11.9 Å². The van der Waals surface area contributed by atoms with E-state index in [1.165, 1.54) is 7.11 Å². The number of methoxy groups -OCH3 is 1. The number of nitrogens with zero attached hydrogens (tertiary/aromatic N) is 4. The smallest absolute Gasteiger partial charge is 0.341 e. The maximum Gasteiger partial charge on any atom is 0.341 e. The van der Waals surface area contributed by atoms with Crippen LogP contribution in [0.4, 0.5) is 0 Å². The standard InChI is InChI=1S/C25H26N4O4/c1-6-18-22(24(30)31)14(3)28(26-18)20-12-8-11-17-16(20)10-9-13-21(17)29-15(4)23(25(32)33-5)19(7-2)27-29/h8-13H,6-7H2,1-5H3,(H,30,31). The fraction of sp³-hybridized carbons (Fsp3) is 0.280. The highest BCUT2D eigenvalue weighted by molar-refractivity contribution is 5.97. The molecule has 0 aliphatic heterocycles. The number of hydrogen-bond acceptors (Lipinski definition) is 5. The summed E-state index contributed by atoms with van der Waals surface area (Å²) < 4.78 is 8.45. The van der Waals surface area contributed by atoms with E-state index in [4.69, 9.17) is 9.84 Å². The van der Waals surface area contributed by atoms with Crippen LogP contribution in [0.15, 0.2) is 36.4 Å². The third-order valence-corrected chi connectivity index (χ3v) is 5.98. The Balaban J connectivity index is 1.98. The quantitative estimate of drug-likeness (QED) is 0.440. The predicted molar refractivity (Wildman–Crippen MR) is 125 cm³/mol. The summed E-state index contributed by atoms with van der Waals surface area (Å²) in [6.07, 6.45) is 1.12. The number of fused-ring (bicyclic) bond motifs is 1. The molecule has 8 nitrogen and oxygen atoms in total. The molecule has 0 unspecified atom stereocenters. The van der Waals surface area contributed by atoms with E-state index in [1.54, 1.807) is 16.3 Å². The highest BCUT2D eigenvalue weighted by Crippen LogP contribution is 2.31. The first-order chi connectivity index (χ1) is 15.8. The summed E-state index contributed by atoms with van der Waals surface area (Å²) >= 11 is 0. The van der Waals surface area contributed by atoms with Crippen molar-refractivity contribution in [1.82, 2.24) is 19.6 Å². The van der Waals surface area contributed by atoms with Gasteiger partial charge >= 0.3 is 11.9 Å². The number of hydrogen-bond donors (Lipinski definition) is 1. The van der Waals surface area contributed by atoms with E-state index in [-0.39, 0.29) is 5.56 Å². The number of rotatable bonds is 6. The maximum absolute atomic E-state index is 12.4. The monoisotopic (exact) mass is 446 g/mol. The number of carboxylic acids is 1. The lowest BCUT2D eigenvalue weighted by Crippen LogP contribution is -2.06. The third kappa shape index (κ3) is 3.47. The Morgan fingerprint density at radius 1 is 0.848 bits per heavy atom. The number of ether oxygens (including phenoxy) is 1. The molecule has 2 heterocycles. The van der Waals surface area contributed by atoms with Crippen LogP contribution in [0.2, 0.25) is 0 Å². The van der Waals surface area contributed by atoms with Gasteiger partial charge in [-0.1, -0.05) is 38.1 Å². The Hall–Kier alpha value is -3.94. The zero-order chi connectivity index (χ0) is 23.9. The van der Waals surface area contributed by atoms with E-state index in [9.17, 15) is 14.7 Å². The molecule has 0 atom stereocenters. The van der Waals surface area contributed by atoms with Gasteiger partial charge in [0.15, 0.2) is 0 Å². The topological polar surface area (TPSA) is 99.2 Å². The zero-order valence-corrected chi connectivity index (χ0v) is 19.3. The first kappa shape index (κ1) is 22.3. The molecule has 0 aliphatic carbocycles. The normalized spacial score (nSPS) is 11.2. The zero-order valence-electron chi connectivity index (χ0n) is 19.3. The summed E-state index contributed by atoms with van der Waals surface area (Å²) in [5.41, 5.74) is 4.82. The molecule has 0 spiro atoms. The summed E-state index contributed by atoms with van der Waals surface area (Å²) in [6.45, 7) is 7.47. The first-order valence-electron chi connectivity index (χ1n) is 10.8. The van der Waals surface area contributed by atoms with Crippen LogP contribution in [-0.2, 0) is 17.6 Å². The van der Waals surface area contributed by atoms with Gasteiger partial charge in [0.2, 0.25) is 0 Å². The highest BCUT2D eigenvalue weighted by atomic mass is 16.5. The molecule has 2 aromatic heterocycles. The minimum Gasteiger partial charge on any atom is -0.478 e. The summed E-state index contributed by atoms with van der Waals surface area (Å²) in [4.78, 5) is 24.2. The van der Waals surface area contributed by atoms with Gasteiger partial charge in [0.05, 0.1) is 41.3 Å². The summed E-state index contributed by atoms with van der Waals surface area (Å²) in [5.74, 6) is -1.39. The number of aryl methyl sites for hydroxylation is 2. The van der Waals surface area contributed by atoms with E-state index in [2.05, 4.69) is 5.10 Å². The van der Waals surface area contributed by atoms with E-state index in [0.29, 0.717) is 41.2 Å². The van der Waals surface area contributed by atoms with Gasteiger partial charge in [-0.3, -0.25) is 0 Å². The molecule has 33 heavy (non-hydrogen) atoms. The number of carbonyl (C=O) groups is 2. The molecule has 0 amide bonds. The average molecular weight is 447 g/mol. The molecule has 2 aromatic carbocycles. The van der Waals surface area contributed by atoms with Gasteiger partial charge in [0.25, 0.3) is 0 Å². The summed E-state index contributed by atoms with van der Waals surface area (Å²) in [5, 5.41) is 20.8. The number of benzene rings is 2. The lowest BCUT2D eigenvalue weighted by atomic mass is 10.1. The van der Waals surface area contributed by atoms with Gasteiger partial charge < -0.3 is 9.84 Å². The Labute approximate surface area is 191 Å². The molecule has 8 heteroatoms. The highest BCUT2D eigenvalue weighted by Gasteiger charge is 2.24. The lowest BCUT2D eigenvalue weighted by Gasteiger charge is -2.13. The second-order valence-corrected chi connectivity index (χ2v) is 7.79. The fourth-order valence-electron chi connectivity index (χ4n) is 4.38. The van der Waals surface area contributed by atoms with Crippen LogP contribution >= 0.6 is 0 Å². The van der Waals surface area contributed by atoms with Crippen LogP contribution in [-0.4, -0.2) is 43.7 Å². The Morgan fingerprint density at radius 2 is 1.30 bits per heavy atom. The van der Waals surface area contributed by atoms with Crippen molar-refractivity contribution in [3.63, 3.8) is 0 Å². The number of aromatic carboxylic acids is 1. The molecule has 0 radical (unpaired) electrons. The van der Waals surface area contributed by atoms with Gasteiger partial charge in [-0.25, -0.2) is 19.0 Å². The van der Waals surface area contributed by atoms with Crippen molar-refractivity contribution in [3.8, 4) is 11.4 Å². The largest absolute Gasteiger partial charge is 0.478 e. The number of esters is 1. The predicted octanol–water partition coefficient (Wildman–Crippen LogP) is 4.44. The van der Waals surface area contributed by atoms with Crippen LogP contribution < -0.4 is 0 Å². The van der Waals surface area contributed by atoms with Gasteiger partial charge in [0.1, 0.15) is 11.1 Å². The molecule has 170 valence electrons. The lowest BCUT2D eigenvalue weighted by molar-refractivity contribution is 0.0597. The molecule has 0 aliphatic rings. The molecule has 1 N–H and O–H groups in total. The number of carboxylic acid groups (broad SMARTS) is 1. The molecule has 4 aromatic rings. The van der Waals surface area contributed by atoms with Crippen molar-refractivity contribution in [2.24, 2.45) is 0 Å². The van der Waals surface area contributed by atoms with Crippen LogP contribution in [0, 0.1) is 13.8 Å². The van der Waals surface area contributed by atoms with Gasteiger partial charge in [-0.2, -0.15) is 10.2 Å². The molecular weight excluding hydrogens is 420 g/mol. The number of aromatic nitrogens is 4. The van der Waals surface area contributed by atoms with Gasteiger partial charge in [0, 0.05) is 10.8 Å². The van der Waals surface area contributed by atoms with Crippen LogP contribution in [0.5, 0.6) is 0 Å². The first-order valence-corrected chi connectivity index (χ1v) is 10.8. The van der Waals surface area contributed by atoms with Crippen molar-refractivity contribution in [3.05, 3.63) is 70.3 Å². The SMILES string of the molecule is CCc1nn(-c2cccc3c(-n4nc(CC)c(C(=O)OC)c4C)cccc23)c(C)c1C(=O)O. The molecule has 0 fully saturated rings. The van der Waals surface area contributed by atoms with Crippen molar-refractivity contribution < 1.29 is 19.4 Å². The van der Waals surface area contributed by atoms with Crippen molar-refractivity contribution in [1.29, 1.82) is 0 Å². The van der Waals surface area contributed by atoms with Gasteiger partial charge in [-0.15, -0.1) is 0 Å². The second kappa shape index (κ2) is 8.54. The minimum absolute atomic E-state index is 0.240. The molecule has 0 saturated carbocycles. The van der Waals surface area contributed by atoms with Crippen LogP contribution in [0.1, 0.15) is 57.3 Å². The van der Waals surface area contributed by atoms with E-state index in [1.807, 2.05) is 57.2 Å². The molecule has 0 bridgehead atoms. The Bertz CT molecular complexity index is 1400.